The summed E-state index contributed by atoms with van der Waals surface area (Å²) in [4.78, 5) is 27.3. The molecule has 1 aromatic carbocycles. The zero-order valence-electron chi connectivity index (χ0n) is 21.6. The SMILES string of the molecule is CCCCCCCCCCCCCOC(=O)C(=CC=CN(CC)CC)C(=O)Oc1ccccc1. The topological polar surface area (TPSA) is 55.8 Å². The fourth-order valence-electron chi connectivity index (χ4n) is 3.57. The van der Waals surface area contributed by atoms with Crippen molar-refractivity contribution in [3.63, 3.8) is 0 Å². The molecule has 0 aliphatic heterocycles. The van der Waals surface area contributed by atoms with Crippen LogP contribution in [0.25, 0.3) is 0 Å². The second-order valence-corrected chi connectivity index (χ2v) is 8.52. The first-order valence-corrected chi connectivity index (χ1v) is 13.2. The third kappa shape index (κ3) is 13.9. The lowest BCUT2D eigenvalue weighted by Gasteiger charge is -2.14. The van der Waals surface area contributed by atoms with Crippen molar-refractivity contribution in [2.45, 2.75) is 91.4 Å². The van der Waals surface area contributed by atoms with Crippen LogP contribution in [0.3, 0.4) is 0 Å². The van der Waals surface area contributed by atoms with Gasteiger partial charge in [0, 0.05) is 13.1 Å². The number of unbranched alkanes of at least 4 members (excludes halogenated alkanes) is 10. The number of benzene rings is 1. The fraction of sp³-hybridized carbons (Fsp3) is 0.586. The number of hydrogen-bond acceptors (Lipinski definition) is 5. The van der Waals surface area contributed by atoms with Gasteiger partial charge in [-0.3, -0.25) is 0 Å². The highest BCUT2D eigenvalue weighted by Gasteiger charge is 2.21. The molecule has 0 atom stereocenters. The number of rotatable bonds is 19. The third-order valence-corrected chi connectivity index (χ3v) is 5.75. The Bertz CT molecular complexity index is 723. The quantitative estimate of drug-likeness (QED) is 0.0405. The third-order valence-electron chi connectivity index (χ3n) is 5.75. The molecule has 0 aliphatic carbocycles. The summed E-state index contributed by atoms with van der Waals surface area (Å²) >= 11 is 0. The highest BCUT2D eigenvalue weighted by Crippen LogP contribution is 2.14. The summed E-state index contributed by atoms with van der Waals surface area (Å²) in [6.07, 6.45) is 18.5. The van der Waals surface area contributed by atoms with Gasteiger partial charge in [-0.1, -0.05) is 89.3 Å². The highest BCUT2D eigenvalue weighted by molar-refractivity contribution is 6.14. The minimum atomic E-state index is -0.709. The number of carbonyl (C=O) groups excluding carboxylic acids is 2. The van der Waals surface area contributed by atoms with Gasteiger partial charge in [0.1, 0.15) is 11.3 Å². The molecule has 0 saturated heterocycles. The molecule has 5 nitrogen and oxygen atoms in total. The normalized spacial score (nSPS) is 11.6. The molecule has 1 aromatic rings. The maximum absolute atomic E-state index is 12.6. The van der Waals surface area contributed by atoms with Gasteiger partial charge in [0.25, 0.3) is 0 Å². The van der Waals surface area contributed by atoms with Gasteiger partial charge >= 0.3 is 11.9 Å². The van der Waals surface area contributed by atoms with Crippen molar-refractivity contribution < 1.29 is 19.1 Å². The molecule has 0 radical (unpaired) electrons. The van der Waals surface area contributed by atoms with Gasteiger partial charge in [-0.05, 0) is 50.8 Å². The molecule has 0 amide bonds. The number of para-hydroxylation sites is 1. The zero-order chi connectivity index (χ0) is 24.9. The summed E-state index contributed by atoms with van der Waals surface area (Å²) in [7, 11) is 0. The van der Waals surface area contributed by atoms with Crippen LogP contribution in [0.4, 0.5) is 0 Å². The van der Waals surface area contributed by atoms with E-state index in [0.29, 0.717) is 12.4 Å². The molecule has 0 saturated carbocycles. The van der Waals surface area contributed by atoms with Gasteiger partial charge in [0.05, 0.1) is 6.61 Å². The van der Waals surface area contributed by atoms with Gasteiger partial charge in [-0.15, -0.1) is 0 Å². The summed E-state index contributed by atoms with van der Waals surface area (Å²) in [5.41, 5.74) is -0.102. The Morgan fingerprint density at radius 3 is 1.88 bits per heavy atom. The first-order chi connectivity index (χ1) is 16.6. The molecule has 0 heterocycles. The van der Waals surface area contributed by atoms with Crippen LogP contribution in [0.2, 0.25) is 0 Å². The molecule has 0 N–H and O–H groups in total. The number of nitrogens with zero attached hydrogens (tertiary/aromatic N) is 1. The van der Waals surface area contributed by atoms with Crippen LogP contribution in [-0.2, 0) is 14.3 Å². The summed E-state index contributed by atoms with van der Waals surface area (Å²) in [5.74, 6) is -0.958. The Morgan fingerprint density at radius 1 is 0.765 bits per heavy atom. The van der Waals surface area contributed by atoms with Gasteiger partial charge < -0.3 is 14.4 Å². The average Bonchev–Trinajstić information content (AvgIpc) is 2.85. The molecule has 0 spiro atoms. The first kappa shape index (κ1) is 29.5. The Kier molecular flexibility index (Phi) is 17.2. The lowest BCUT2D eigenvalue weighted by Crippen LogP contribution is -2.21. The molecule has 190 valence electrons. The summed E-state index contributed by atoms with van der Waals surface area (Å²) in [6.45, 7) is 8.33. The van der Waals surface area contributed by atoms with Crippen LogP contribution in [-0.4, -0.2) is 36.5 Å². The Balaban J connectivity index is 2.44. The van der Waals surface area contributed by atoms with Gasteiger partial charge in [-0.2, -0.15) is 0 Å². The highest BCUT2D eigenvalue weighted by atomic mass is 16.6. The summed E-state index contributed by atoms with van der Waals surface area (Å²) in [5, 5.41) is 0. The minimum absolute atomic E-state index is 0.102. The number of ether oxygens (including phenoxy) is 2. The van der Waals surface area contributed by atoms with Crippen molar-refractivity contribution in [1.82, 2.24) is 4.90 Å². The van der Waals surface area contributed by atoms with E-state index in [9.17, 15) is 9.59 Å². The van der Waals surface area contributed by atoms with Crippen molar-refractivity contribution >= 4 is 11.9 Å². The molecule has 5 heteroatoms. The van der Waals surface area contributed by atoms with Crippen LogP contribution in [0.5, 0.6) is 5.75 Å². The Hall–Kier alpha value is -2.56. The number of hydrogen-bond donors (Lipinski definition) is 0. The summed E-state index contributed by atoms with van der Waals surface area (Å²) < 4.78 is 10.8. The van der Waals surface area contributed by atoms with Crippen LogP contribution >= 0.6 is 0 Å². The van der Waals surface area contributed by atoms with Crippen molar-refractivity contribution in [2.24, 2.45) is 0 Å². The minimum Gasteiger partial charge on any atom is -0.462 e. The van der Waals surface area contributed by atoms with Crippen molar-refractivity contribution in [3.05, 3.63) is 54.3 Å². The van der Waals surface area contributed by atoms with E-state index in [1.807, 2.05) is 26.1 Å². The van der Waals surface area contributed by atoms with E-state index in [1.165, 1.54) is 57.4 Å². The van der Waals surface area contributed by atoms with Crippen molar-refractivity contribution in [1.29, 1.82) is 0 Å². The standard InChI is InChI=1S/C29H45NO4/c1-4-7-8-9-10-11-12-13-14-15-19-25-33-28(31)27(23-20-24-30(5-2)6-3)29(32)34-26-21-17-16-18-22-26/h16-18,20-24H,4-15,19,25H2,1-3H3. The average molecular weight is 472 g/mol. The second kappa shape index (κ2) is 19.9. The number of esters is 2. The number of allylic oxidation sites excluding steroid dienone is 2. The van der Waals surface area contributed by atoms with Gasteiger partial charge in [0.2, 0.25) is 0 Å². The molecular weight excluding hydrogens is 426 g/mol. The van der Waals surface area contributed by atoms with Crippen LogP contribution < -0.4 is 4.74 Å². The first-order valence-electron chi connectivity index (χ1n) is 13.2. The largest absolute Gasteiger partial charge is 0.462 e. The van der Waals surface area contributed by atoms with Crippen molar-refractivity contribution in [3.8, 4) is 5.75 Å². The van der Waals surface area contributed by atoms with Gasteiger partial charge in [-0.25, -0.2) is 9.59 Å². The Labute approximate surface area is 207 Å². The fourth-order valence-corrected chi connectivity index (χ4v) is 3.57. The molecule has 0 fully saturated rings. The molecule has 0 aliphatic rings. The van der Waals surface area contributed by atoms with E-state index in [4.69, 9.17) is 9.47 Å². The maximum Gasteiger partial charge on any atom is 0.350 e. The molecule has 0 bridgehead atoms. The maximum atomic E-state index is 12.6. The zero-order valence-corrected chi connectivity index (χ0v) is 21.6. The van der Waals surface area contributed by atoms with E-state index in [-0.39, 0.29) is 5.57 Å². The second-order valence-electron chi connectivity index (χ2n) is 8.52. The van der Waals surface area contributed by atoms with Crippen LogP contribution in [0.15, 0.2) is 54.3 Å². The molecular formula is C29H45NO4. The van der Waals surface area contributed by atoms with E-state index < -0.39 is 11.9 Å². The summed E-state index contributed by atoms with van der Waals surface area (Å²) in [6, 6.07) is 8.74. The monoisotopic (exact) mass is 471 g/mol. The lowest BCUT2D eigenvalue weighted by molar-refractivity contribution is -0.143. The molecule has 0 unspecified atom stereocenters. The predicted octanol–water partition coefficient (Wildman–Crippen LogP) is 7.23. The lowest BCUT2D eigenvalue weighted by atomic mass is 10.1. The van der Waals surface area contributed by atoms with Crippen LogP contribution in [0, 0.1) is 0 Å². The van der Waals surface area contributed by atoms with E-state index >= 15 is 0 Å². The van der Waals surface area contributed by atoms with Crippen LogP contribution in [0.1, 0.15) is 91.4 Å². The van der Waals surface area contributed by atoms with Gasteiger partial charge in [0.15, 0.2) is 0 Å². The molecule has 34 heavy (non-hydrogen) atoms. The smallest absolute Gasteiger partial charge is 0.350 e. The predicted molar refractivity (Wildman–Crippen MR) is 140 cm³/mol. The van der Waals surface area contributed by atoms with E-state index in [2.05, 4.69) is 11.8 Å². The van der Waals surface area contributed by atoms with E-state index in [1.54, 1.807) is 30.3 Å². The Morgan fingerprint density at radius 2 is 1.32 bits per heavy atom. The molecule has 1 rings (SSSR count). The van der Waals surface area contributed by atoms with Crippen molar-refractivity contribution in [2.75, 3.05) is 19.7 Å². The molecule has 0 aromatic heterocycles. The van der Waals surface area contributed by atoms with E-state index in [0.717, 1.165) is 32.4 Å². The number of carbonyl (C=O) groups is 2.